The van der Waals surface area contributed by atoms with Gasteiger partial charge in [0.05, 0.1) is 5.75 Å². The summed E-state index contributed by atoms with van der Waals surface area (Å²) in [6.45, 7) is 3.22. The quantitative estimate of drug-likeness (QED) is 0.631. The first-order chi connectivity index (χ1) is 5.63. The Morgan fingerprint density at radius 2 is 2.33 bits per heavy atom. The number of sulfonamides is 1. The monoisotopic (exact) mass is 190 g/mol. The zero-order valence-electron chi connectivity index (χ0n) is 7.16. The number of hydrogen-bond acceptors (Lipinski definition) is 3. The van der Waals surface area contributed by atoms with E-state index in [1.807, 2.05) is 0 Å². The first-order valence-electron chi connectivity index (χ1n) is 4.36. The van der Waals surface area contributed by atoms with Crippen molar-refractivity contribution in [3.63, 3.8) is 0 Å². The number of piperazine rings is 1. The van der Waals surface area contributed by atoms with Crippen LogP contribution in [0.1, 0.15) is 13.3 Å². The van der Waals surface area contributed by atoms with Gasteiger partial charge in [0.25, 0.3) is 0 Å². The van der Waals surface area contributed by atoms with Gasteiger partial charge in [-0.3, -0.25) is 0 Å². The number of rotatable bonds is 2. The standard InChI is InChI=1S/C7H14N2O2S/c1-2-12(10,11)9-5-6-3-7(9)4-8-6/h6-8H,2-5H2,1H3/t6-,7-/m0/s1. The minimum absolute atomic E-state index is 0.232. The minimum atomic E-state index is -2.94. The van der Waals surface area contributed by atoms with E-state index in [9.17, 15) is 8.42 Å². The van der Waals surface area contributed by atoms with Crippen LogP contribution in [-0.4, -0.2) is 43.6 Å². The lowest BCUT2D eigenvalue weighted by atomic mass is 10.2. The summed E-state index contributed by atoms with van der Waals surface area (Å²) in [5.41, 5.74) is 0. The third-order valence-corrected chi connectivity index (χ3v) is 4.62. The highest BCUT2D eigenvalue weighted by atomic mass is 32.2. The van der Waals surface area contributed by atoms with E-state index < -0.39 is 10.0 Å². The van der Waals surface area contributed by atoms with Gasteiger partial charge in [-0.2, -0.15) is 4.31 Å². The van der Waals surface area contributed by atoms with Gasteiger partial charge >= 0.3 is 0 Å². The molecule has 2 saturated heterocycles. The van der Waals surface area contributed by atoms with Gasteiger partial charge in [0, 0.05) is 25.2 Å². The maximum absolute atomic E-state index is 11.5. The molecule has 0 aromatic carbocycles. The molecule has 70 valence electrons. The van der Waals surface area contributed by atoms with Crippen molar-refractivity contribution >= 4 is 10.0 Å². The molecule has 0 aliphatic carbocycles. The van der Waals surface area contributed by atoms with Crippen molar-refractivity contribution in [2.45, 2.75) is 25.4 Å². The fourth-order valence-corrected chi connectivity index (χ4v) is 3.38. The Bertz CT molecular complexity index is 275. The molecule has 12 heavy (non-hydrogen) atoms. The summed E-state index contributed by atoms with van der Waals surface area (Å²) in [5.74, 6) is 0.232. The molecule has 2 rings (SSSR count). The fraction of sp³-hybridized carbons (Fsp3) is 1.00. The van der Waals surface area contributed by atoms with Crippen LogP contribution in [0.2, 0.25) is 0 Å². The van der Waals surface area contributed by atoms with Gasteiger partial charge in [-0.05, 0) is 13.3 Å². The van der Waals surface area contributed by atoms with Gasteiger partial charge in [0.1, 0.15) is 0 Å². The molecule has 2 atom stereocenters. The molecule has 0 aromatic rings. The van der Waals surface area contributed by atoms with Crippen molar-refractivity contribution < 1.29 is 8.42 Å². The normalized spacial score (nSPS) is 36.1. The molecule has 4 nitrogen and oxygen atoms in total. The summed E-state index contributed by atoms with van der Waals surface area (Å²) in [7, 11) is -2.94. The summed E-state index contributed by atoms with van der Waals surface area (Å²) in [5, 5.41) is 3.28. The summed E-state index contributed by atoms with van der Waals surface area (Å²) in [4.78, 5) is 0. The Kier molecular flexibility index (Phi) is 1.89. The molecule has 2 aliphatic heterocycles. The van der Waals surface area contributed by atoms with E-state index >= 15 is 0 Å². The van der Waals surface area contributed by atoms with E-state index in [4.69, 9.17) is 0 Å². The van der Waals surface area contributed by atoms with Crippen molar-refractivity contribution in [1.82, 2.24) is 9.62 Å². The molecular formula is C7H14N2O2S. The fourth-order valence-electron chi connectivity index (χ4n) is 2.03. The van der Waals surface area contributed by atoms with Crippen LogP contribution in [0.4, 0.5) is 0 Å². The minimum Gasteiger partial charge on any atom is -0.311 e. The SMILES string of the molecule is CCS(=O)(=O)N1C[C@@H]2C[C@H]1CN2. The van der Waals surface area contributed by atoms with E-state index in [1.54, 1.807) is 11.2 Å². The van der Waals surface area contributed by atoms with Gasteiger partial charge in [0.2, 0.25) is 10.0 Å². The van der Waals surface area contributed by atoms with Crippen LogP contribution in [0.25, 0.3) is 0 Å². The third kappa shape index (κ3) is 1.16. The third-order valence-electron chi connectivity index (χ3n) is 2.73. The van der Waals surface area contributed by atoms with Gasteiger partial charge < -0.3 is 5.32 Å². The van der Waals surface area contributed by atoms with Crippen LogP contribution in [0.3, 0.4) is 0 Å². The lowest BCUT2D eigenvalue weighted by Gasteiger charge is -2.25. The Labute approximate surface area is 73.0 Å². The number of nitrogens with zero attached hydrogens (tertiary/aromatic N) is 1. The van der Waals surface area contributed by atoms with Gasteiger partial charge in [0.15, 0.2) is 0 Å². The van der Waals surface area contributed by atoms with Gasteiger partial charge in [-0.25, -0.2) is 8.42 Å². The predicted molar refractivity (Wildman–Crippen MR) is 46.4 cm³/mol. The zero-order chi connectivity index (χ0) is 8.77. The van der Waals surface area contributed by atoms with Crippen molar-refractivity contribution in [1.29, 1.82) is 0 Å². The Morgan fingerprint density at radius 1 is 1.58 bits per heavy atom. The molecule has 2 heterocycles. The van der Waals surface area contributed by atoms with Crippen LogP contribution in [0.15, 0.2) is 0 Å². The summed E-state index contributed by atoms with van der Waals surface area (Å²) in [6, 6.07) is 0.649. The molecule has 2 bridgehead atoms. The number of hydrogen-bond donors (Lipinski definition) is 1. The smallest absolute Gasteiger partial charge is 0.214 e. The second-order valence-electron chi connectivity index (χ2n) is 3.46. The van der Waals surface area contributed by atoms with Crippen LogP contribution >= 0.6 is 0 Å². The Hall–Kier alpha value is -0.130. The molecule has 0 amide bonds. The lowest BCUT2D eigenvalue weighted by molar-refractivity contribution is 0.349. The summed E-state index contributed by atoms with van der Waals surface area (Å²) in [6.07, 6.45) is 0.999. The van der Waals surface area contributed by atoms with Crippen molar-refractivity contribution in [2.75, 3.05) is 18.8 Å². The highest BCUT2D eigenvalue weighted by Gasteiger charge is 2.42. The number of nitrogens with one attached hydrogen (secondary N) is 1. The first kappa shape index (κ1) is 8.47. The Morgan fingerprint density at radius 3 is 2.75 bits per heavy atom. The number of fused-ring (bicyclic) bond motifs is 2. The van der Waals surface area contributed by atoms with Crippen molar-refractivity contribution in [2.24, 2.45) is 0 Å². The second-order valence-corrected chi connectivity index (χ2v) is 5.68. The van der Waals surface area contributed by atoms with Crippen LogP contribution in [0.5, 0.6) is 0 Å². The highest BCUT2D eigenvalue weighted by Crippen LogP contribution is 2.25. The van der Waals surface area contributed by atoms with Gasteiger partial charge in [-0.15, -0.1) is 0 Å². The molecule has 0 saturated carbocycles. The maximum Gasteiger partial charge on any atom is 0.214 e. The van der Waals surface area contributed by atoms with Gasteiger partial charge in [-0.1, -0.05) is 0 Å². The van der Waals surface area contributed by atoms with Crippen LogP contribution in [-0.2, 0) is 10.0 Å². The van der Waals surface area contributed by atoms with E-state index in [0.717, 1.165) is 13.0 Å². The lowest BCUT2D eigenvalue weighted by Crippen LogP contribution is -2.46. The molecule has 0 aromatic heterocycles. The maximum atomic E-state index is 11.5. The summed E-state index contributed by atoms with van der Waals surface area (Å²) >= 11 is 0. The molecule has 0 radical (unpaired) electrons. The predicted octanol–water partition coefficient (Wildman–Crippen LogP) is -0.618. The Balaban J connectivity index is 2.17. The molecule has 1 N–H and O–H groups in total. The van der Waals surface area contributed by atoms with E-state index in [0.29, 0.717) is 12.6 Å². The molecule has 5 heteroatoms. The molecule has 2 aliphatic rings. The largest absolute Gasteiger partial charge is 0.311 e. The molecule has 0 unspecified atom stereocenters. The van der Waals surface area contributed by atoms with E-state index in [2.05, 4.69) is 5.32 Å². The molecule has 0 spiro atoms. The topological polar surface area (TPSA) is 49.4 Å². The molecular weight excluding hydrogens is 176 g/mol. The average Bonchev–Trinajstić information content (AvgIpc) is 2.64. The van der Waals surface area contributed by atoms with Crippen molar-refractivity contribution in [3.05, 3.63) is 0 Å². The van der Waals surface area contributed by atoms with Crippen molar-refractivity contribution in [3.8, 4) is 0 Å². The molecule has 2 fully saturated rings. The highest BCUT2D eigenvalue weighted by molar-refractivity contribution is 7.89. The summed E-state index contributed by atoms with van der Waals surface area (Å²) < 4.78 is 24.6. The zero-order valence-corrected chi connectivity index (χ0v) is 7.97. The first-order valence-corrected chi connectivity index (χ1v) is 5.97. The van der Waals surface area contributed by atoms with Crippen LogP contribution in [0, 0.1) is 0 Å². The van der Waals surface area contributed by atoms with Crippen LogP contribution < -0.4 is 5.32 Å². The average molecular weight is 190 g/mol. The van der Waals surface area contributed by atoms with E-state index in [-0.39, 0.29) is 11.8 Å². The van der Waals surface area contributed by atoms with E-state index in [1.165, 1.54) is 0 Å². The second kappa shape index (κ2) is 2.68.